The number of non-ortho nitro benzene ring substituents is 1. The molecule has 0 saturated carbocycles. The monoisotopic (exact) mass is 440 g/mol. The van der Waals surface area contributed by atoms with Crippen molar-refractivity contribution in [3.63, 3.8) is 0 Å². The molecule has 0 aliphatic heterocycles. The number of anilines is 2. The molecule has 2 N–H and O–H groups in total. The fraction of sp³-hybridized carbons (Fsp3) is 0.222. The number of nitro groups is 1. The first-order valence-electron chi connectivity index (χ1n) is 8.33. The van der Waals surface area contributed by atoms with Gasteiger partial charge in [0.05, 0.1) is 21.5 Å². The minimum atomic E-state index is -0.705. The van der Waals surface area contributed by atoms with E-state index < -0.39 is 17.0 Å². The zero-order valence-electron chi connectivity index (χ0n) is 15.6. The standard InChI is InChI=1S/C18H18Cl2N4O5/c1-11-9-13(24(27)28)4-6-16(11)22-17(25)23(2)7-8-29-18(26)21-12-3-5-14(19)15(20)10-12/h3-6,9-10H,7-8H2,1-2H3,(H,21,26)(H,22,25). The lowest BCUT2D eigenvalue weighted by atomic mass is 10.2. The molecule has 0 heterocycles. The van der Waals surface area contributed by atoms with Gasteiger partial charge in [0.1, 0.15) is 6.61 Å². The van der Waals surface area contributed by atoms with Crippen LogP contribution >= 0.6 is 23.2 Å². The highest BCUT2D eigenvalue weighted by atomic mass is 35.5. The maximum Gasteiger partial charge on any atom is 0.411 e. The van der Waals surface area contributed by atoms with Crippen molar-refractivity contribution >= 4 is 52.4 Å². The number of carbonyl (C=O) groups is 2. The molecule has 0 saturated heterocycles. The van der Waals surface area contributed by atoms with Crippen LogP contribution in [0.25, 0.3) is 0 Å². The third-order valence-corrected chi connectivity index (χ3v) is 4.57. The Bertz CT molecular complexity index is 938. The first-order chi connectivity index (χ1) is 13.7. The number of rotatable bonds is 6. The van der Waals surface area contributed by atoms with E-state index in [1.807, 2.05) is 0 Å². The number of likely N-dealkylation sites (N-methyl/N-ethyl adjacent to an activating group) is 1. The smallest absolute Gasteiger partial charge is 0.411 e. The van der Waals surface area contributed by atoms with Crippen molar-refractivity contribution in [2.45, 2.75) is 6.92 Å². The Morgan fingerprint density at radius 3 is 2.48 bits per heavy atom. The molecule has 2 aromatic carbocycles. The van der Waals surface area contributed by atoms with Crippen molar-refractivity contribution in [1.82, 2.24) is 4.90 Å². The van der Waals surface area contributed by atoms with Gasteiger partial charge in [0.25, 0.3) is 5.69 Å². The predicted octanol–water partition coefficient (Wildman–Crippen LogP) is 4.92. The third kappa shape index (κ3) is 6.51. The second-order valence-electron chi connectivity index (χ2n) is 6.00. The summed E-state index contributed by atoms with van der Waals surface area (Å²) in [5.74, 6) is 0. The summed E-state index contributed by atoms with van der Waals surface area (Å²) < 4.78 is 5.03. The lowest BCUT2D eigenvalue weighted by molar-refractivity contribution is -0.384. The minimum absolute atomic E-state index is 0.0453. The van der Waals surface area contributed by atoms with Crippen LogP contribution in [0.1, 0.15) is 5.56 Å². The van der Waals surface area contributed by atoms with E-state index in [4.69, 9.17) is 27.9 Å². The quantitative estimate of drug-likeness (QED) is 0.488. The SMILES string of the molecule is Cc1cc([N+](=O)[O-])ccc1NC(=O)N(C)CCOC(=O)Nc1ccc(Cl)c(Cl)c1. The first kappa shape index (κ1) is 22.3. The summed E-state index contributed by atoms with van der Waals surface area (Å²) in [4.78, 5) is 35.6. The van der Waals surface area contributed by atoms with Gasteiger partial charge in [0, 0.05) is 30.6 Å². The van der Waals surface area contributed by atoms with Crippen molar-refractivity contribution in [3.05, 3.63) is 62.1 Å². The van der Waals surface area contributed by atoms with Gasteiger partial charge in [-0.3, -0.25) is 15.4 Å². The van der Waals surface area contributed by atoms with E-state index in [2.05, 4.69) is 10.6 Å². The Balaban J connectivity index is 1.80. The number of urea groups is 1. The zero-order chi connectivity index (χ0) is 21.6. The van der Waals surface area contributed by atoms with Crippen molar-refractivity contribution < 1.29 is 19.2 Å². The molecule has 0 unspecified atom stereocenters. The Kier molecular flexibility index (Phi) is 7.63. The summed E-state index contributed by atoms with van der Waals surface area (Å²) in [7, 11) is 1.52. The normalized spacial score (nSPS) is 10.2. The van der Waals surface area contributed by atoms with Crippen LogP contribution in [0.2, 0.25) is 10.0 Å². The molecule has 2 rings (SSSR count). The Labute approximate surface area is 176 Å². The largest absolute Gasteiger partial charge is 0.447 e. The van der Waals surface area contributed by atoms with Crippen LogP contribution in [-0.4, -0.2) is 42.1 Å². The van der Waals surface area contributed by atoms with Crippen molar-refractivity contribution in [2.75, 3.05) is 30.8 Å². The van der Waals surface area contributed by atoms with Crippen molar-refractivity contribution in [1.29, 1.82) is 0 Å². The molecule has 0 fully saturated rings. The number of nitrogens with zero attached hydrogens (tertiary/aromatic N) is 2. The predicted molar refractivity (Wildman–Crippen MR) is 111 cm³/mol. The molecule has 3 amide bonds. The highest BCUT2D eigenvalue weighted by Crippen LogP contribution is 2.25. The fourth-order valence-electron chi connectivity index (χ4n) is 2.22. The van der Waals surface area contributed by atoms with Crippen LogP contribution in [0.5, 0.6) is 0 Å². The molecular formula is C18H18Cl2N4O5. The van der Waals surface area contributed by atoms with E-state index in [-0.39, 0.29) is 18.8 Å². The summed E-state index contributed by atoms with van der Waals surface area (Å²) in [6.07, 6.45) is -0.705. The molecule has 0 spiro atoms. The number of halogens is 2. The second kappa shape index (κ2) is 9.94. The van der Waals surface area contributed by atoms with Gasteiger partial charge in [0.15, 0.2) is 0 Å². The van der Waals surface area contributed by atoms with Crippen LogP contribution in [0.3, 0.4) is 0 Å². The van der Waals surface area contributed by atoms with Gasteiger partial charge in [0.2, 0.25) is 0 Å². The highest BCUT2D eigenvalue weighted by molar-refractivity contribution is 6.42. The average Bonchev–Trinajstić information content (AvgIpc) is 2.66. The molecule has 0 aromatic heterocycles. The number of aryl methyl sites for hydroxylation is 1. The summed E-state index contributed by atoms with van der Waals surface area (Å²) >= 11 is 11.7. The molecule has 9 nitrogen and oxygen atoms in total. The van der Waals surface area contributed by atoms with E-state index >= 15 is 0 Å². The molecule has 0 radical (unpaired) electrons. The Morgan fingerprint density at radius 2 is 1.86 bits per heavy atom. The van der Waals surface area contributed by atoms with Gasteiger partial charge in [-0.2, -0.15) is 0 Å². The Hall–Kier alpha value is -3.04. The lowest BCUT2D eigenvalue weighted by Crippen LogP contribution is -2.34. The topological polar surface area (TPSA) is 114 Å². The highest BCUT2D eigenvalue weighted by Gasteiger charge is 2.14. The Morgan fingerprint density at radius 1 is 1.14 bits per heavy atom. The van der Waals surface area contributed by atoms with Crippen molar-refractivity contribution in [2.24, 2.45) is 0 Å². The van der Waals surface area contributed by atoms with E-state index in [1.54, 1.807) is 13.0 Å². The van der Waals surface area contributed by atoms with Crippen LogP contribution in [0.4, 0.5) is 26.7 Å². The van der Waals surface area contributed by atoms with Crippen LogP contribution in [0, 0.1) is 17.0 Å². The van der Waals surface area contributed by atoms with Crippen molar-refractivity contribution in [3.8, 4) is 0 Å². The van der Waals surface area contributed by atoms with E-state index in [1.165, 1.54) is 42.3 Å². The molecule has 0 atom stereocenters. The number of hydrogen-bond donors (Lipinski definition) is 2. The number of nitrogens with one attached hydrogen (secondary N) is 2. The molecule has 0 aliphatic rings. The maximum atomic E-state index is 12.2. The van der Waals surface area contributed by atoms with E-state index in [0.717, 1.165) is 0 Å². The molecular weight excluding hydrogens is 423 g/mol. The fourth-order valence-corrected chi connectivity index (χ4v) is 2.52. The molecule has 2 aromatic rings. The van der Waals surface area contributed by atoms with Gasteiger partial charge < -0.3 is 15.0 Å². The summed E-state index contributed by atoms with van der Waals surface area (Å²) in [5, 5.41) is 16.6. The molecule has 29 heavy (non-hydrogen) atoms. The number of benzene rings is 2. The van der Waals surface area contributed by atoms with Crippen LogP contribution in [-0.2, 0) is 4.74 Å². The summed E-state index contributed by atoms with van der Waals surface area (Å²) in [6, 6.07) is 8.28. The molecule has 0 aliphatic carbocycles. The molecule has 11 heteroatoms. The van der Waals surface area contributed by atoms with Crippen LogP contribution in [0.15, 0.2) is 36.4 Å². The van der Waals surface area contributed by atoms with Gasteiger partial charge in [-0.25, -0.2) is 9.59 Å². The number of hydrogen-bond acceptors (Lipinski definition) is 5. The third-order valence-electron chi connectivity index (χ3n) is 3.83. The van der Waals surface area contributed by atoms with Gasteiger partial charge in [-0.1, -0.05) is 23.2 Å². The first-order valence-corrected chi connectivity index (χ1v) is 9.09. The molecule has 154 valence electrons. The number of ether oxygens (including phenoxy) is 1. The molecule has 0 bridgehead atoms. The van der Waals surface area contributed by atoms with Gasteiger partial charge in [-0.15, -0.1) is 0 Å². The van der Waals surface area contributed by atoms with Gasteiger partial charge in [-0.05, 0) is 36.8 Å². The summed E-state index contributed by atoms with van der Waals surface area (Å²) in [5.41, 5.74) is 1.36. The zero-order valence-corrected chi connectivity index (χ0v) is 17.1. The lowest BCUT2D eigenvalue weighted by Gasteiger charge is -2.18. The minimum Gasteiger partial charge on any atom is -0.447 e. The maximum absolute atomic E-state index is 12.2. The van der Waals surface area contributed by atoms with Crippen LogP contribution < -0.4 is 10.6 Å². The number of carbonyl (C=O) groups excluding carboxylic acids is 2. The summed E-state index contributed by atoms with van der Waals surface area (Å²) in [6.45, 7) is 1.74. The average molecular weight is 441 g/mol. The van der Waals surface area contributed by atoms with Gasteiger partial charge >= 0.3 is 12.1 Å². The number of nitro benzene ring substituents is 1. The van der Waals surface area contributed by atoms with E-state index in [9.17, 15) is 19.7 Å². The number of amides is 3. The van der Waals surface area contributed by atoms with E-state index in [0.29, 0.717) is 27.0 Å². The second-order valence-corrected chi connectivity index (χ2v) is 6.81.